The predicted octanol–water partition coefficient (Wildman–Crippen LogP) is 4.70. The molecule has 1 aliphatic rings. The molecular weight excluding hydrogens is 314 g/mol. The first kappa shape index (κ1) is 13.5. The third kappa shape index (κ3) is 2.68. The van der Waals surface area contributed by atoms with Crippen LogP contribution in [0.15, 0.2) is 40.9 Å². The van der Waals surface area contributed by atoms with Crippen molar-refractivity contribution in [3.63, 3.8) is 0 Å². The molecule has 0 bridgehead atoms. The fourth-order valence-corrected chi connectivity index (χ4v) is 2.82. The van der Waals surface area contributed by atoms with Crippen LogP contribution in [0.5, 0.6) is 5.75 Å². The SMILES string of the molecule is Cc1c(Br)cccc1CNc1ccc2c(c1)OC(C)[CH]2. The topological polar surface area (TPSA) is 21.3 Å². The number of nitrogens with one attached hydrogen (secondary N) is 1. The lowest BCUT2D eigenvalue weighted by Gasteiger charge is -2.11. The molecular formula is C17H17BrNO. The summed E-state index contributed by atoms with van der Waals surface area (Å²) in [5.41, 5.74) is 4.84. The second-order valence-electron chi connectivity index (χ2n) is 5.12. The van der Waals surface area contributed by atoms with E-state index in [1.807, 2.05) is 0 Å². The van der Waals surface area contributed by atoms with Crippen molar-refractivity contribution in [2.75, 3.05) is 5.32 Å². The van der Waals surface area contributed by atoms with Gasteiger partial charge in [-0.3, -0.25) is 0 Å². The van der Waals surface area contributed by atoms with E-state index in [4.69, 9.17) is 4.74 Å². The van der Waals surface area contributed by atoms with Gasteiger partial charge in [0.2, 0.25) is 0 Å². The summed E-state index contributed by atoms with van der Waals surface area (Å²) in [6, 6.07) is 12.6. The summed E-state index contributed by atoms with van der Waals surface area (Å²) in [5.74, 6) is 0.966. The molecule has 0 aromatic heterocycles. The molecule has 1 atom stereocenters. The molecule has 1 unspecified atom stereocenters. The molecule has 2 nitrogen and oxygen atoms in total. The Hall–Kier alpha value is -1.48. The molecule has 2 aromatic carbocycles. The van der Waals surface area contributed by atoms with Gasteiger partial charge in [-0.25, -0.2) is 0 Å². The van der Waals surface area contributed by atoms with E-state index in [0.29, 0.717) is 0 Å². The van der Waals surface area contributed by atoms with Crippen LogP contribution in [0.3, 0.4) is 0 Å². The van der Waals surface area contributed by atoms with E-state index in [0.717, 1.165) is 22.5 Å². The first-order valence-electron chi connectivity index (χ1n) is 6.77. The Labute approximate surface area is 128 Å². The van der Waals surface area contributed by atoms with Crippen molar-refractivity contribution in [1.29, 1.82) is 0 Å². The van der Waals surface area contributed by atoms with Gasteiger partial charge in [0.05, 0.1) is 0 Å². The van der Waals surface area contributed by atoms with E-state index in [1.54, 1.807) is 0 Å². The molecule has 0 saturated carbocycles. The summed E-state index contributed by atoms with van der Waals surface area (Å²) in [4.78, 5) is 0. The zero-order valence-corrected chi connectivity index (χ0v) is 13.2. The van der Waals surface area contributed by atoms with E-state index in [1.165, 1.54) is 16.7 Å². The molecule has 0 spiro atoms. The molecule has 1 N–H and O–H groups in total. The standard InChI is InChI=1S/C17H17BrNO/c1-11-8-13-6-7-15(9-17(13)20-11)19-10-14-4-3-5-16(18)12(14)2/h3-9,11,19H,10H2,1-2H3. The highest BCUT2D eigenvalue weighted by Crippen LogP contribution is 2.32. The van der Waals surface area contributed by atoms with Crippen LogP contribution in [-0.4, -0.2) is 6.10 Å². The number of hydrogen-bond donors (Lipinski definition) is 1. The summed E-state index contributed by atoms with van der Waals surface area (Å²) in [5, 5.41) is 3.46. The maximum Gasteiger partial charge on any atom is 0.125 e. The van der Waals surface area contributed by atoms with Crippen LogP contribution in [0, 0.1) is 13.3 Å². The number of rotatable bonds is 3. The van der Waals surface area contributed by atoms with Gasteiger partial charge < -0.3 is 10.1 Å². The highest BCUT2D eigenvalue weighted by atomic mass is 79.9. The monoisotopic (exact) mass is 330 g/mol. The summed E-state index contributed by atoms with van der Waals surface area (Å²) in [6.45, 7) is 4.99. The van der Waals surface area contributed by atoms with Crippen LogP contribution in [0.1, 0.15) is 23.6 Å². The Kier molecular flexibility index (Phi) is 3.70. The molecule has 1 radical (unpaired) electrons. The van der Waals surface area contributed by atoms with Crippen LogP contribution in [0.2, 0.25) is 0 Å². The maximum absolute atomic E-state index is 5.74. The number of anilines is 1. The predicted molar refractivity (Wildman–Crippen MR) is 86.1 cm³/mol. The second kappa shape index (κ2) is 5.49. The third-order valence-corrected chi connectivity index (χ3v) is 4.46. The Bertz CT molecular complexity index is 639. The van der Waals surface area contributed by atoms with Crippen molar-refractivity contribution in [2.24, 2.45) is 0 Å². The summed E-state index contributed by atoms with van der Waals surface area (Å²) in [6.07, 6.45) is 2.31. The van der Waals surface area contributed by atoms with Gasteiger partial charge in [0.25, 0.3) is 0 Å². The molecule has 0 aliphatic carbocycles. The maximum atomic E-state index is 5.74. The normalized spacial score (nSPS) is 16.6. The van der Waals surface area contributed by atoms with Crippen molar-refractivity contribution >= 4 is 21.6 Å². The van der Waals surface area contributed by atoms with E-state index >= 15 is 0 Å². The number of halogens is 1. The summed E-state index contributed by atoms with van der Waals surface area (Å²) < 4.78 is 6.89. The third-order valence-electron chi connectivity index (χ3n) is 3.60. The number of benzene rings is 2. The zero-order chi connectivity index (χ0) is 14.1. The molecule has 20 heavy (non-hydrogen) atoms. The van der Waals surface area contributed by atoms with E-state index in [2.05, 4.69) is 77.9 Å². The van der Waals surface area contributed by atoms with Crippen molar-refractivity contribution < 1.29 is 4.74 Å². The highest BCUT2D eigenvalue weighted by Gasteiger charge is 2.19. The van der Waals surface area contributed by atoms with E-state index in [9.17, 15) is 0 Å². The fraction of sp³-hybridized carbons (Fsp3) is 0.235. The van der Waals surface area contributed by atoms with Crippen molar-refractivity contribution in [3.8, 4) is 5.75 Å². The summed E-state index contributed by atoms with van der Waals surface area (Å²) in [7, 11) is 0. The molecule has 3 rings (SSSR count). The molecule has 1 aliphatic heterocycles. The lowest BCUT2D eigenvalue weighted by molar-refractivity contribution is 0.281. The molecule has 2 aromatic rings. The van der Waals surface area contributed by atoms with Crippen LogP contribution in [0.4, 0.5) is 5.69 Å². The quantitative estimate of drug-likeness (QED) is 0.880. The number of hydrogen-bond acceptors (Lipinski definition) is 2. The summed E-state index contributed by atoms with van der Waals surface area (Å²) >= 11 is 3.57. The average Bonchev–Trinajstić information content (AvgIpc) is 2.79. The molecule has 1 heterocycles. The van der Waals surface area contributed by atoms with Gasteiger partial charge in [0.15, 0.2) is 0 Å². The van der Waals surface area contributed by atoms with Crippen molar-refractivity contribution in [3.05, 3.63) is 64.0 Å². The Morgan fingerprint density at radius 1 is 1.25 bits per heavy atom. The van der Waals surface area contributed by atoms with Crippen LogP contribution >= 0.6 is 15.9 Å². The van der Waals surface area contributed by atoms with Gasteiger partial charge in [0, 0.05) is 34.8 Å². The smallest absolute Gasteiger partial charge is 0.125 e. The largest absolute Gasteiger partial charge is 0.490 e. The van der Waals surface area contributed by atoms with Crippen molar-refractivity contribution in [2.45, 2.75) is 26.5 Å². The first-order valence-corrected chi connectivity index (χ1v) is 7.56. The Balaban J connectivity index is 1.73. The van der Waals surface area contributed by atoms with E-state index in [-0.39, 0.29) is 6.10 Å². The van der Waals surface area contributed by atoms with E-state index < -0.39 is 0 Å². The lowest BCUT2D eigenvalue weighted by Crippen LogP contribution is -2.03. The Morgan fingerprint density at radius 2 is 2.10 bits per heavy atom. The minimum Gasteiger partial charge on any atom is -0.490 e. The van der Waals surface area contributed by atoms with Gasteiger partial charge >= 0.3 is 0 Å². The zero-order valence-electron chi connectivity index (χ0n) is 11.6. The van der Waals surface area contributed by atoms with Gasteiger partial charge in [-0.2, -0.15) is 0 Å². The fourth-order valence-electron chi connectivity index (χ4n) is 2.41. The minimum absolute atomic E-state index is 0.174. The van der Waals surface area contributed by atoms with Crippen LogP contribution in [-0.2, 0) is 6.54 Å². The second-order valence-corrected chi connectivity index (χ2v) is 5.97. The number of ether oxygens (including phenoxy) is 1. The van der Waals surface area contributed by atoms with Gasteiger partial charge in [-0.15, -0.1) is 0 Å². The number of fused-ring (bicyclic) bond motifs is 1. The molecule has 103 valence electrons. The molecule has 0 fully saturated rings. The average molecular weight is 331 g/mol. The highest BCUT2D eigenvalue weighted by molar-refractivity contribution is 9.10. The molecule has 0 amide bonds. The van der Waals surface area contributed by atoms with Gasteiger partial charge in [-0.1, -0.05) is 34.1 Å². The van der Waals surface area contributed by atoms with Gasteiger partial charge in [-0.05, 0) is 37.1 Å². The lowest BCUT2D eigenvalue weighted by atomic mass is 10.1. The van der Waals surface area contributed by atoms with Crippen LogP contribution < -0.4 is 10.1 Å². The van der Waals surface area contributed by atoms with Gasteiger partial charge in [0.1, 0.15) is 11.9 Å². The Morgan fingerprint density at radius 3 is 2.95 bits per heavy atom. The first-order chi connectivity index (χ1) is 9.63. The van der Waals surface area contributed by atoms with Crippen molar-refractivity contribution in [1.82, 2.24) is 0 Å². The molecule has 0 saturated heterocycles. The molecule has 3 heteroatoms. The minimum atomic E-state index is 0.174. The van der Waals surface area contributed by atoms with Crippen LogP contribution in [0.25, 0.3) is 0 Å².